The highest BCUT2D eigenvalue weighted by molar-refractivity contribution is 6.31. The lowest BCUT2D eigenvalue weighted by Crippen LogP contribution is -2.23. The van der Waals surface area contributed by atoms with E-state index in [1.54, 1.807) is 6.07 Å². The maximum atomic E-state index is 13.4. The summed E-state index contributed by atoms with van der Waals surface area (Å²) in [6.45, 7) is 4.00. The molecule has 0 aromatic heterocycles. The third-order valence-electron chi connectivity index (χ3n) is 3.56. The Balaban J connectivity index is 2.17. The summed E-state index contributed by atoms with van der Waals surface area (Å²) in [5.41, 5.74) is 2.12. The molecule has 0 bridgehead atoms. The fourth-order valence-corrected chi connectivity index (χ4v) is 2.65. The first-order chi connectivity index (χ1) is 10.2. The van der Waals surface area contributed by atoms with Crippen LogP contribution >= 0.6 is 11.6 Å². The second-order valence-electron chi connectivity index (χ2n) is 5.25. The third kappa shape index (κ3) is 4.83. The van der Waals surface area contributed by atoms with Gasteiger partial charge in [0.05, 0.1) is 0 Å². The molecule has 0 saturated heterocycles. The minimum absolute atomic E-state index is 0.234. The minimum atomic E-state index is -0.234. The minimum Gasteiger partial charge on any atom is -0.316 e. The van der Waals surface area contributed by atoms with E-state index >= 15 is 0 Å². The molecule has 1 unspecified atom stereocenters. The summed E-state index contributed by atoms with van der Waals surface area (Å²) >= 11 is 6.20. The molecule has 0 spiro atoms. The summed E-state index contributed by atoms with van der Waals surface area (Å²) in [7, 11) is 0. The highest BCUT2D eigenvalue weighted by Crippen LogP contribution is 2.25. The summed E-state index contributed by atoms with van der Waals surface area (Å²) in [4.78, 5) is 0. The Morgan fingerprint density at radius 2 is 1.90 bits per heavy atom. The van der Waals surface area contributed by atoms with Crippen molar-refractivity contribution in [3.63, 3.8) is 0 Å². The summed E-state index contributed by atoms with van der Waals surface area (Å²) in [5, 5.41) is 4.08. The standard InChI is InChI=1S/C18H21ClFN/c1-2-10-21-13-16(14-6-4-3-5-7-14)11-15-12-17(20)8-9-18(15)19/h3-9,12,16,21H,2,10-11,13H2,1H3. The van der Waals surface area contributed by atoms with E-state index in [4.69, 9.17) is 11.6 Å². The normalized spacial score (nSPS) is 12.3. The van der Waals surface area contributed by atoms with E-state index in [2.05, 4.69) is 24.4 Å². The van der Waals surface area contributed by atoms with Crippen LogP contribution in [0.5, 0.6) is 0 Å². The van der Waals surface area contributed by atoms with Gasteiger partial charge in [-0.2, -0.15) is 0 Å². The zero-order valence-electron chi connectivity index (χ0n) is 12.3. The molecule has 1 atom stereocenters. The predicted octanol–water partition coefficient (Wildman–Crippen LogP) is 4.81. The smallest absolute Gasteiger partial charge is 0.123 e. The van der Waals surface area contributed by atoms with Crippen LogP contribution in [-0.4, -0.2) is 13.1 Å². The van der Waals surface area contributed by atoms with E-state index in [1.807, 2.05) is 18.2 Å². The first-order valence-electron chi connectivity index (χ1n) is 7.40. The molecule has 3 heteroatoms. The lowest BCUT2D eigenvalue weighted by molar-refractivity contribution is 0.573. The molecule has 1 nitrogen and oxygen atoms in total. The number of hydrogen-bond acceptors (Lipinski definition) is 1. The van der Waals surface area contributed by atoms with Crippen molar-refractivity contribution in [2.24, 2.45) is 0 Å². The molecule has 2 aromatic rings. The van der Waals surface area contributed by atoms with Crippen LogP contribution in [0.1, 0.15) is 30.4 Å². The molecule has 1 N–H and O–H groups in total. The van der Waals surface area contributed by atoms with Crippen LogP contribution in [-0.2, 0) is 6.42 Å². The molecule has 0 fully saturated rings. The quantitative estimate of drug-likeness (QED) is 0.724. The highest BCUT2D eigenvalue weighted by atomic mass is 35.5. The summed E-state index contributed by atoms with van der Waals surface area (Å²) in [5.74, 6) is 0.0554. The highest BCUT2D eigenvalue weighted by Gasteiger charge is 2.14. The van der Waals surface area contributed by atoms with Crippen molar-refractivity contribution >= 4 is 11.6 Å². The molecule has 0 amide bonds. The van der Waals surface area contributed by atoms with Crippen LogP contribution in [0.2, 0.25) is 5.02 Å². The number of benzene rings is 2. The maximum Gasteiger partial charge on any atom is 0.123 e. The van der Waals surface area contributed by atoms with Gasteiger partial charge in [-0.05, 0) is 48.7 Å². The van der Waals surface area contributed by atoms with Gasteiger partial charge in [0.15, 0.2) is 0 Å². The van der Waals surface area contributed by atoms with Crippen molar-refractivity contribution in [3.8, 4) is 0 Å². The maximum absolute atomic E-state index is 13.4. The van der Waals surface area contributed by atoms with Crippen LogP contribution < -0.4 is 5.32 Å². The van der Waals surface area contributed by atoms with Gasteiger partial charge in [0.2, 0.25) is 0 Å². The van der Waals surface area contributed by atoms with Gasteiger partial charge >= 0.3 is 0 Å². The Morgan fingerprint density at radius 1 is 1.14 bits per heavy atom. The van der Waals surface area contributed by atoms with Gasteiger partial charge < -0.3 is 5.32 Å². The SMILES string of the molecule is CCCNCC(Cc1cc(F)ccc1Cl)c1ccccc1. The zero-order valence-corrected chi connectivity index (χ0v) is 13.0. The molecule has 2 rings (SSSR count). The molecule has 112 valence electrons. The zero-order chi connectivity index (χ0) is 15.1. The van der Waals surface area contributed by atoms with E-state index < -0.39 is 0 Å². The Hall–Kier alpha value is -1.38. The lowest BCUT2D eigenvalue weighted by Gasteiger charge is -2.19. The molecular formula is C18H21ClFN. The third-order valence-corrected chi connectivity index (χ3v) is 3.93. The Kier molecular flexibility index (Phi) is 6.21. The van der Waals surface area contributed by atoms with Gasteiger partial charge in [0, 0.05) is 17.5 Å². The fourth-order valence-electron chi connectivity index (χ4n) is 2.45. The first kappa shape index (κ1) is 16.0. The number of halogens is 2. The molecule has 2 aromatic carbocycles. The van der Waals surface area contributed by atoms with Crippen LogP contribution in [0, 0.1) is 5.82 Å². The summed E-state index contributed by atoms with van der Waals surface area (Å²) in [6, 6.07) is 14.9. The summed E-state index contributed by atoms with van der Waals surface area (Å²) in [6.07, 6.45) is 1.83. The van der Waals surface area contributed by atoms with Gasteiger partial charge in [-0.25, -0.2) is 4.39 Å². The second-order valence-corrected chi connectivity index (χ2v) is 5.66. The van der Waals surface area contributed by atoms with Crippen LogP contribution in [0.3, 0.4) is 0 Å². The number of nitrogens with one attached hydrogen (secondary N) is 1. The largest absolute Gasteiger partial charge is 0.316 e. The lowest BCUT2D eigenvalue weighted by atomic mass is 9.91. The van der Waals surface area contributed by atoms with Gasteiger partial charge in [0.25, 0.3) is 0 Å². The van der Waals surface area contributed by atoms with Gasteiger partial charge in [0.1, 0.15) is 5.82 Å². The number of hydrogen-bond donors (Lipinski definition) is 1. The van der Waals surface area contributed by atoms with Crippen LogP contribution in [0.4, 0.5) is 4.39 Å². The topological polar surface area (TPSA) is 12.0 Å². The fraction of sp³-hybridized carbons (Fsp3) is 0.333. The molecule has 0 radical (unpaired) electrons. The predicted molar refractivity (Wildman–Crippen MR) is 87.5 cm³/mol. The van der Waals surface area contributed by atoms with Crippen molar-refractivity contribution in [1.29, 1.82) is 0 Å². The van der Waals surface area contributed by atoms with Crippen molar-refractivity contribution in [1.82, 2.24) is 5.32 Å². The Morgan fingerprint density at radius 3 is 2.62 bits per heavy atom. The first-order valence-corrected chi connectivity index (χ1v) is 7.78. The van der Waals surface area contributed by atoms with E-state index in [0.29, 0.717) is 5.02 Å². The van der Waals surface area contributed by atoms with E-state index in [1.165, 1.54) is 17.7 Å². The van der Waals surface area contributed by atoms with E-state index in [9.17, 15) is 4.39 Å². The molecule has 21 heavy (non-hydrogen) atoms. The average Bonchev–Trinajstić information content (AvgIpc) is 2.51. The summed E-state index contributed by atoms with van der Waals surface area (Å²) < 4.78 is 13.4. The van der Waals surface area contributed by atoms with Crippen LogP contribution in [0.15, 0.2) is 48.5 Å². The molecule has 0 aliphatic heterocycles. The van der Waals surface area contributed by atoms with Crippen molar-refractivity contribution in [2.75, 3.05) is 13.1 Å². The number of rotatable bonds is 7. The molecule has 0 heterocycles. The molecular weight excluding hydrogens is 285 g/mol. The van der Waals surface area contributed by atoms with Gasteiger partial charge in [-0.15, -0.1) is 0 Å². The molecule has 0 aliphatic carbocycles. The Labute approximate surface area is 131 Å². The average molecular weight is 306 g/mol. The molecule has 0 saturated carbocycles. The van der Waals surface area contributed by atoms with Crippen LogP contribution in [0.25, 0.3) is 0 Å². The second kappa shape index (κ2) is 8.16. The Bertz CT molecular complexity index is 556. The van der Waals surface area contributed by atoms with E-state index in [-0.39, 0.29) is 11.7 Å². The van der Waals surface area contributed by atoms with Crippen molar-refractivity contribution in [2.45, 2.75) is 25.7 Å². The van der Waals surface area contributed by atoms with Gasteiger partial charge in [-0.1, -0.05) is 48.9 Å². The monoisotopic (exact) mass is 305 g/mol. The van der Waals surface area contributed by atoms with Gasteiger partial charge in [-0.3, -0.25) is 0 Å². The van der Waals surface area contributed by atoms with Crippen molar-refractivity contribution in [3.05, 3.63) is 70.5 Å². The van der Waals surface area contributed by atoms with E-state index in [0.717, 1.165) is 31.5 Å². The molecule has 0 aliphatic rings. The van der Waals surface area contributed by atoms with Crippen molar-refractivity contribution < 1.29 is 4.39 Å².